The summed E-state index contributed by atoms with van der Waals surface area (Å²) in [5, 5.41) is 4.70. The molecule has 258 valence electrons. The lowest BCUT2D eigenvalue weighted by molar-refractivity contribution is 0.537. The van der Waals surface area contributed by atoms with Crippen molar-refractivity contribution in [3.05, 3.63) is 182 Å². The third-order valence-electron chi connectivity index (χ3n) is 10.8. The molecule has 5 nitrogen and oxygen atoms in total. The van der Waals surface area contributed by atoms with Crippen molar-refractivity contribution < 1.29 is 0 Å². The van der Waals surface area contributed by atoms with Crippen LogP contribution in [0.4, 0.5) is 0 Å². The third-order valence-corrected chi connectivity index (χ3v) is 10.8. The van der Waals surface area contributed by atoms with E-state index in [4.69, 9.17) is 21.5 Å². The van der Waals surface area contributed by atoms with Crippen LogP contribution in [0.2, 0.25) is 0 Å². The van der Waals surface area contributed by atoms with Gasteiger partial charge in [-0.2, -0.15) is 9.97 Å². The normalized spacial score (nSPS) is 15.3. The van der Waals surface area contributed by atoms with Crippen molar-refractivity contribution >= 4 is 49.2 Å². The predicted octanol–water partition coefficient (Wildman–Crippen LogP) is 12.2. The number of rotatable bonds is 4. The molecule has 0 bridgehead atoms. The van der Waals surface area contributed by atoms with Crippen molar-refractivity contribution in [1.82, 2.24) is 24.1 Å². The summed E-state index contributed by atoms with van der Waals surface area (Å²) in [5.41, 5.74) is 10.4. The maximum Gasteiger partial charge on any atom is 0.238 e. The van der Waals surface area contributed by atoms with Gasteiger partial charge in [-0.25, -0.2) is 4.98 Å². The molecule has 0 saturated heterocycles. The van der Waals surface area contributed by atoms with Crippen LogP contribution in [0.15, 0.2) is 170 Å². The minimum Gasteiger partial charge on any atom is -0.309 e. The van der Waals surface area contributed by atoms with Crippen LogP contribution in [0, 0.1) is 0 Å². The SMILES string of the molecule is C=C1/C=C\C=C/CC(C)(C)c2c1c1c(c3ccccc3n1-c1nc(-c3ccccc3)nc(-c3ccccc3)n1)c1c3ccccc3n(-c3ccccc3)c21. The number of allylic oxidation sites excluding steroid dienone is 5. The van der Waals surface area contributed by atoms with Gasteiger partial charge in [-0.3, -0.25) is 4.57 Å². The number of nitrogens with zero attached hydrogens (tertiary/aromatic N) is 5. The number of fused-ring (bicyclic) bond motifs is 10. The smallest absolute Gasteiger partial charge is 0.238 e. The van der Waals surface area contributed by atoms with E-state index in [0.717, 1.165) is 61.7 Å². The van der Waals surface area contributed by atoms with Gasteiger partial charge in [-0.1, -0.05) is 160 Å². The van der Waals surface area contributed by atoms with E-state index >= 15 is 0 Å². The molecule has 10 rings (SSSR count). The van der Waals surface area contributed by atoms with E-state index in [1.807, 2.05) is 36.4 Å². The number of para-hydroxylation sites is 3. The van der Waals surface area contributed by atoms with Crippen LogP contribution in [-0.4, -0.2) is 24.1 Å². The summed E-state index contributed by atoms with van der Waals surface area (Å²) in [5.74, 6) is 1.81. The van der Waals surface area contributed by atoms with Crippen LogP contribution in [-0.2, 0) is 5.41 Å². The van der Waals surface area contributed by atoms with E-state index in [-0.39, 0.29) is 5.41 Å². The van der Waals surface area contributed by atoms with E-state index in [1.54, 1.807) is 0 Å². The van der Waals surface area contributed by atoms with E-state index in [0.29, 0.717) is 17.6 Å². The molecule has 3 heterocycles. The summed E-state index contributed by atoms with van der Waals surface area (Å²) < 4.78 is 4.75. The highest BCUT2D eigenvalue weighted by Gasteiger charge is 2.35. The Hall–Kier alpha value is -6.85. The molecular weight excluding hydrogens is 659 g/mol. The number of hydrogen-bond acceptors (Lipinski definition) is 3. The molecule has 0 N–H and O–H groups in total. The average Bonchev–Trinajstić information content (AvgIpc) is 3.75. The molecule has 0 fully saturated rings. The maximum atomic E-state index is 5.31. The lowest BCUT2D eigenvalue weighted by atomic mass is 9.75. The summed E-state index contributed by atoms with van der Waals surface area (Å²) in [4.78, 5) is 15.7. The molecule has 0 radical (unpaired) electrons. The fourth-order valence-electron chi connectivity index (χ4n) is 8.42. The van der Waals surface area contributed by atoms with Crippen LogP contribution in [0.5, 0.6) is 0 Å². The second kappa shape index (κ2) is 12.4. The van der Waals surface area contributed by atoms with Gasteiger partial charge in [-0.05, 0) is 47.2 Å². The zero-order valence-corrected chi connectivity index (χ0v) is 30.2. The van der Waals surface area contributed by atoms with Gasteiger partial charge in [0.15, 0.2) is 11.6 Å². The Balaban J connectivity index is 1.47. The minimum absolute atomic E-state index is 0.293. The van der Waals surface area contributed by atoms with Crippen molar-refractivity contribution in [2.75, 3.05) is 0 Å². The van der Waals surface area contributed by atoms with Gasteiger partial charge in [-0.15, -0.1) is 0 Å². The average molecular weight is 696 g/mol. The van der Waals surface area contributed by atoms with E-state index < -0.39 is 0 Å². The molecule has 0 amide bonds. The Bertz CT molecular complexity index is 2920. The molecule has 0 unspecified atom stereocenters. The summed E-state index contributed by atoms with van der Waals surface area (Å²) in [6.45, 7) is 9.55. The van der Waals surface area contributed by atoms with Crippen molar-refractivity contribution in [3.63, 3.8) is 0 Å². The van der Waals surface area contributed by atoms with E-state index in [1.165, 1.54) is 21.9 Å². The van der Waals surface area contributed by atoms with Crippen LogP contribution in [0.1, 0.15) is 31.4 Å². The Morgan fingerprint density at radius 2 is 1.07 bits per heavy atom. The number of hydrogen-bond donors (Lipinski definition) is 0. The summed E-state index contributed by atoms with van der Waals surface area (Å²) in [6, 6.07) is 48.6. The molecule has 0 aliphatic heterocycles. The van der Waals surface area contributed by atoms with Crippen molar-refractivity contribution in [2.45, 2.75) is 25.7 Å². The Kier molecular flexibility index (Phi) is 7.31. The molecule has 1 aliphatic carbocycles. The van der Waals surface area contributed by atoms with Crippen molar-refractivity contribution in [3.8, 4) is 34.4 Å². The van der Waals surface area contributed by atoms with Gasteiger partial charge in [0.05, 0.1) is 22.1 Å². The minimum atomic E-state index is -0.293. The maximum absolute atomic E-state index is 5.31. The first-order valence-corrected chi connectivity index (χ1v) is 18.5. The molecule has 0 atom stereocenters. The van der Waals surface area contributed by atoms with Crippen LogP contribution < -0.4 is 0 Å². The number of aromatic nitrogens is 5. The topological polar surface area (TPSA) is 48.5 Å². The highest BCUT2D eigenvalue weighted by Crippen LogP contribution is 2.51. The van der Waals surface area contributed by atoms with Gasteiger partial charge < -0.3 is 4.57 Å². The Morgan fingerprint density at radius 3 is 1.69 bits per heavy atom. The van der Waals surface area contributed by atoms with Gasteiger partial charge in [0, 0.05) is 43.9 Å². The van der Waals surface area contributed by atoms with Gasteiger partial charge in [0.1, 0.15) is 0 Å². The highest BCUT2D eigenvalue weighted by atomic mass is 15.2. The van der Waals surface area contributed by atoms with Gasteiger partial charge in [0.25, 0.3) is 0 Å². The van der Waals surface area contributed by atoms with E-state index in [2.05, 4.69) is 150 Å². The molecule has 1 aliphatic rings. The summed E-state index contributed by atoms with van der Waals surface area (Å²) in [6.07, 6.45) is 9.55. The first-order chi connectivity index (χ1) is 26.5. The molecule has 9 aromatic rings. The Morgan fingerprint density at radius 1 is 0.556 bits per heavy atom. The molecular formula is C49H37N5. The Labute approximate surface area is 313 Å². The van der Waals surface area contributed by atoms with Crippen LogP contribution in [0.3, 0.4) is 0 Å². The highest BCUT2D eigenvalue weighted by molar-refractivity contribution is 6.31. The third kappa shape index (κ3) is 4.89. The summed E-state index contributed by atoms with van der Waals surface area (Å²) >= 11 is 0. The van der Waals surface area contributed by atoms with Gasteiger partial charge >= 0.3 is 0 Å². The zero-order chi connectivity index (χ0) is 36.4. The molecule has 54 heavy (non-hydrogen) atoms. The molecule has 5 heteroatoms. The summed E-state index contributed by atoms with van der Waals surface area (Å²) in [7, 11) is 0. The quantitative estimate of drug-likeness (QED) is 0.184. The fourth-order valence-corrected chi connectivity index (χ4v) is 8.42. The second-order valence-corrected chi connectivity index (χ2v) is 14.7. The first-order valence-electron chi connectivity index (χ1n) is 18.5. The van der Waals surface area contributed by atoms with Crippen LogP contribution >= 0.6 is 0 Å². The zero-order valence-electron chi connectivity index (χ0n) is 30.2. The fraction of sp³-hybridized carbons (Fsp3) is 0.0816. The molecule has 3 aromatic heterocycles. The van der Waals surface area contributed by atoms with Gasteiger partial charge in [0.2, 0.25) is 5.95 Å². The number of benzene rings is 6. The predicted molar refractivity (Wildman–Crippen MR) is 224 cm³/mol. The monoisotopic (exact) mass is 695 g/mol. The second-order valence-electron chi connectivity index (χ2n) is 14.7. The van der Waals surface area contributed by atoms with Crippen molar-refractivity contribution in [1.29, 1.82) is 0 Å². The largest absolute Gasteiger partial charge is 0.309 e. The standard InChI is InChI=1S/C49H37N5/c1-32-20-8-7-19-31-49(2,3)43-40(32)44-41(42-36-27-15-17-29-38(36)53(45(42)43)35-25-13-6-14-26-35)37-28-16-18-30-39(37)54(44)48-51-46(33-21-9-4-10-22-33)50-47(52-48)34-23-11-5-12-24-34/h4-30H,1,31H2,2-3H3/b19-7-,20-8-. The van der Waals surface area contributed by atoms with Crippen LogP contribution in [0.25, 0.3) is 83.6 Å². The first kappa shape index (κ1) is 31.9. The molecule has 0 saturated carbocycles. The van der Waals surface area contributed by atoms with Crippen molar-refractivity contribution in [2.24, 2.45) is 0 Å². The molecule has 6 aromatic carbocycles. The molecule has 0 spiro atoms. The van der Waals surface area contributed by atoms with E-state index in [9.17, 15) is 0 Å². The lowest BCUT2D eigenvalue weighted by Crippen LogP contribution is -2.21. The lowest BCUT2D eigenvalue weighted by Gasteiger charge is -2.30.